The Balaban J connectivity index is 2.33. The third kappa shape index (κ3) is 3.78. The van der Waals surface area contributed by atoms with Gasteiger partial charge in [0.25, 0.3) is 0 Å². The number of hydrogen-bond donors (Lipinski definition) is 1. The van der Waals surface area contributed by atoms with Crippen molar-refractivity contribution in [2.24, 2.45) is 0 Å². The van der Waals surface area contributed by atoms with E-state index in [4.69, 9.17) is 11.6 Å². The standard InChI is InChI=1S/C14H16ClF2N3O/c1-19(2)3-4-20-13(12(15)8-18-20)14(21)9-5-10(16)7-11(17)6-9/h5-8,14,21H,3-4H2,1-2H3. The molecule has 4 nitrogen and oxygen atoms in total. The Bertz CT molecular complexity index is 610. The summed E-state index contributed by atoms with van der Waals surface area (Å²) in [7, 11) is 3.81. The van der Waals surface area contributed by atoms with Crippen LogP contribution in [0.4, 0.5) is 8.78 Å². The molecule has 1 aromatic heterocycles. The summed E-state index contributed by atoms with van der Waals surface area (Å²) in [5.41, 5.74) is 0.421. The first-order valence-corrected chi connectivity index (χ1v) is 6.76. The average molecular weight is 316 g/mol. The molecule has 7 heteroatoms. The molecule has 114 valence electrons. The quantitative estimate of drug-likeness (QED) is 0.921. The predicted molar refractivity (Wildman–Crippen MR) is 76.2 cm³/mol. The number of likely N-dealkylation sites (N-methyl/N-ethyl adjacent to an activating group) is 1. The Labute approximate surface area is 126 Å². The molecule has 1 N–H and O–H groups in total. The second-order valence-corrected chi connectivity index (χ2v) is 5.42. The molecule has 2 rings (SSSR count). The van der Waals surface area contributed by atoms with E-state index >= 15 is 0 Å². The maximum Gasteiger partial charge on any atom is 0.126 e. The zero-order chi connectivity index (χ0) is 15.6. The topological polar surface area (TPSA) is 41.3 Å². The third-order valence-corrected chi connectivity index (χ3v) is 3.34. The fourth-order valence-electron chi connectivity index (χ4n) is 2.01. The van der Waals surface area contributed by atoms with Crippen molar-refractivity contribution in [3.8, 4) is 0 Å². The maximum absolute atomic E-state index is 13.3. The highest BCUT2D eigenvalue weighted by molar-refractivity contribution is 6.31. The summed E-state index contributed by atoms with van der Waals surface area (Å²) in [4.78, 5) is 1.95. The Morgan fingerprint density at radius 2 is 1.90 bits per heavy atom. The van der Waals surface area contributed by atoms with E-state index in [1.165, 1.54) is 10.9 Å². The van der Waals surface area contributed by atoms with Crippen LogP contribution in [0.1, 0.15) is 17.4 Å². The zero-order valence-corrected chi connectivity index (χ0v) is 12.5. The first kappa shape index (κ1) is 15.9. The summed E-state index contributed by atoms with van der Waals surface area (Å²) in [6.45, 7) is 1.19. The van der Waals surface area contributed by atoms with E-state index in [9.17, 15) is 13.9 Å². The van der Waals surface area contributed by atoms with Crippen LogP contribution >= 0.6 is 11.6 Å². The van der Waals surface area contributed by atoms with E-state index < -0.39 is 17.7 Å². The number of rotatable bonds is 5. The van der Waals surface area contributed by atoms with E-state index in [-0.39, 0.29) is 10.6 Å². The van der Waals surface area contributed by atoms with Crippen LogP contribution in [0.5, 0.6) is 0 Å². The molecule has 1 aromatic carbocycles. The summed E-state index contributed by atoms with van der Waals surface area (Å²) >= 11 is 6.04. The summed E-state index contributed by atoms with van der Waals surface area (Å²) < 4.78 is 28.1. The van der Waals surface area contributed by atoms with Gasteiger partial charge in [-0.1, -0.05) is 11.6 Å². The van der Waals surface area contributed by atoms with Crippen LogP contribution in [0.25, 0.3) is 0 Å². The largest absolute Gasteiger partial charge is 0.382 e. The summed E-state index contributed by atoms with van der Waals surface area (Å²) in [6.07, 6.45) is 0.165. The maximum atomic E-state index is 13.3. The van der Waals surface area contributed by atoms with Gasteiger partial charge in [0.15, 0.2) is 0 Å². The number of hydrogen-bond acceptors (Lipinski definition) is 3. The van der Waals surface area contributed by atoms with Crippen molar-refractivity contribution in [2.75, 3.05) is 20.6 Å². The van der Waals surface area contributed by atoms with Gasteiger partial charge < -0.3 is 10.0 Å². The molecule has 1 atom stereocenters. The van der Waals surface area contributed by atoms with Crippen LogP contribution < -0.4 is 0 Å². The number of nitrogens with zero attached hydrogens (tertiary/aromatic N) is 3. The fraction of sp³-hybridized carbons (Fsp3) is 0.357. The minimum absolute atomic E-state index is 0.0982. The van der Waals surface area contributed by atoms with Crippen molar-refractivity contribution in [3.05, 3.63) is 52.3 Å². The predicted octanol–water partition coefficient (Wildman–Crippen LogP) is 2.46. The highest BCUT2D eigenvalue weighted by Gasteiger charge is 2.21. The van der Waals surface area contributed by atoms with Crippen LogP contribution in [0, 0.1) is 11.6 Å². The van der Waals surface area contributed by atoms with Gasteiger partial charge in [-0.2, -0.15) is 5.10 Å². The minimum atomic E-state index is -1.24. The number of aromatic nitrogens is 2. The van der Waals surface area contributed by atoms with Gasteiger partial charge in [0.05, 0.1) is 23.5 Å². The molecule has 1 unspecified atom stereocenters. The molecule has 0 saturated heterocycles. The number of aliphatic hydroxyl groups is 1. The van der Waals surface area contributed by atoms with E-state index in [2.05, 4.69) is 5.10 Å². The Kier molecular flexibility index (Phi) is 4.92. The Hall–Kier alpha value is -1.50. The third-order valence-electron chi connectivity index (χ3n) is 3.05. The Morgan fingerprint density at radius 1 is 1.29 bits per heavy atom. The lowest BCUT2D eigenvalue weighted by Crippen LogP contribution is -2.21. The molecule has 0 aliphatic rings. The molecule has 0 radical (unpaired) electrons. The Morgan fingerprint density at radius 3 is 2.48 bits per heavy atom. The molecule has 1 heterocycles. The summed E-state index contributed by atoms with van der Waals surface area (Å²) in [6, 6.07) is 2.90. The molecule has 0 aliphatic heterocycles. The van der Waals surface area contributed by atoms with Gasteiger partial charge in [0.2, 0.25) is 0 Å². The van der Waals surface area contributed by atoms with Crippen LogP contribution in [0.2, 0.25) is 5.02 Å². The van der Waals surface area contributed by atoms with Gasteiger partial charge in [-0.3, -0.25) is 4.68 Å². The van der Waals surface area contributed by atoms with E-state index in [1.807, 2.05) is 19.0 Å². The second-order valence-electron chi connectivity index (χ2n) is 5.01. The van der Waals surface area contributed by atoms with Crippen molar-refractivity contribution in [2.45, 2.75) is 12.6 Å². The monoisotopic (exact) mass is 315 g/mol. The molecule has 0 amide bonds. The smallest absolute Gasteiger partial charge is 0.126 e. The SMILES string of the molecule is CN(C)CCn1ncc(Cl)c1C(O)c1cc(F)cc(F)c1. The molecule has 0 spiro atoms. The summed E-state index contributed by atoms with van der Waals surface area (Å²) in [5.74, 6) is -1.50. The van der Waals surface area contributed by atoms with Gasteiger partial charge in [0.1, 0.15) is 17.7 Å². The van der Waals surface area contributed by atoms with Crippen LogP contribution in [0.3, 0.4) is 0 Å². The zero-order valence-electron chi connectivity index (χ0n) is 11.7. The number of aliphatic hydroxyl groups excluding tert-OH is 1. The molecular weight excluding hydrogens is 300 g/mol. The van der Waals surface area contributed by atoms with Gasteiger partial charge >= 0.3 is 0 Å². The van der Waals surface area contributed by atoms with Crippen molar-refractivity contribution >= 4 is 11.6 Å². The molecule has 0 saturated carbocycles. The molecule has 0 aliphatic carbocycles. The molecule has 0 bridgehead atoms. The molecule has 21 heavy (non-hydrogen) atoms. The van der Waals surface area contributed by atoms with Gasteiger partial charge in [-0.05, 0) is 31.8 Å². The lowest BCUT2D eigenvalue weighted by atomic mass is 10.1. The highest BCUT2D eigenvalue weighted by atomic mass is 35.5. The summed E-state index contributed by atoms with van der Waals surface area (Å²) in [5, 5.41) is 14.7. The first-order valence-electron chi connectivity index (χ1n) is 6.38. The van der Waals surface area contributed by atoms with Crippen LogP contribution in [0.15, 0.2) is 24.4 Å². The lowest BCUT2D eigenvalue weighted by Gasteiger charge is -2.16. The van der Waals surface area contributed by atoms with Crippen molar-refractivity contribution in [3.63, 3.8) is 0 Å². The normalized spacial score (nSPS) is 12.9. The molecule has 2 aromatic rings. The average Bonchev–Trinajstić information content (AvgIpc) is 2.75. The molecule has 0 fully saturated rings. The van der Waals surface area contributed by atoms with Crippen molar-refractivity contribution in [1.29, 1.82) is 0 Å². The highest BCUT2D eigenvalue weighted by Crippen LogP contribution is 2.29. The molecular formula is C14H16ClF2N3O. The van der Waals surface area contributed by atoms with E-state index in [0.29, 0.717) is 18.8 Å². The van der Waals surface area contributed by atoms with Crippen LogP contribution in [-0.2, 0) is 6.54 Å². The lowest BCUT2D eigenvalue weighted by molar-refractivity contribution is 0.204. The minimum Gasteiger partial charge on any atom is -0.382 e. The number of halogens is 3. The van der Waals surface area contributed by atoms with Crippen molar-refractivity contribution in [1.82, 2.24) is 14.7 Å². The van der Waals surface area contributed by atoms with Crippen LogP contribution in [-0.4, -0.2) is 40.4 Å². The van der Waals surface area contributed by atoms with Gasteiger partial charge in [-0.15, -0.1) is 0 Å². The second kappa shape index (κ2) is 6.51. The fourth-order valence-corrected chi connectivity index (χ4v) is 2.25. The van der Waals surface area contributed by atoms with Crippen molar-refractivity contribution < 1.29 is 13.9 Å². The van der Waals surface area contributed by atoms with E-state index in [0.717, 1.165) is 18.2 Å². The number of benzene rings is 1. The first-order chi connectivity index (χ1) is 9.88. The van der Waals surface area contributed by atoms with Gasteiger partial charge in [-0.25, -0.2) is 8.78 Å². The van der Waals surface area contributed by atoms with E-state index in [1.54, 1.807) is 0 Å². The van der Waals surface area contributed by atoms with Gasteiger partial charge in [0, 0.05) is 12.6 Å².